The van der Waals surface area contributed by atoms with Crippen LogP contribution in [0, 0.1) is 0 Å². The number of benzene rings is 1. The molecular formula is C16H18O2. The van der Waals surface area contributed by atoms with Crippen molar-refractivity contribution in [3.05, 3.63) is 34.4 Å². The number of carbonyl (C=O) groups is 2. The van der Waals surface area contributed by atoms with Crippen molar-refractivity contribution >= 4 is 11.6 Å². The molecule has 0 aromatic heterocycles. The first-order chi connectivity index (χ1) is 8.49. The molecule has 2 heteroatoms. The Morgan fingerprint density at radius 2 is 1.56 bits per heavy atom. The minimum atomic E-state index is 0.128. The highest BCUT2D eigenvalue weighted by atomic mass is 16.1. The SMILES string of the molecule is CC1(C)CCCc2cc3c(cc21)C(=O)CCC3=O. The largest absolute Gasteiger partial charge is 0.294 e. The average Bonchev–Trinajstić information content (AvgIpc) is 2.33. The fraction of sp³-hybridized carbons (Fsp3) is 0.500. The molecule has 18 heavy (non-hydrogen) atoms. The Bertz CT molecular complexity index is 552. The van der Waals surface area contributed by atoms with Crippen molar-refractivity contribution in [1.29, 1.82) is 0 Å². The second-order valence-corrected chi connectivity index (χ2v) is 6.14. The molecule has 0 saturated heterocycles. The van der Waals surface area contributed by atoms with E-state index in [1.807, 2.05) is 12.1 Å². The Hall–Kier alpha value is -1.44. The van der Waals surface area contributed by atoms with E-state index in [-0.39, 0.29) is 17.0 Å². The van der Waals surface area contributed by atoms with Gasteiger partial charge in [0.2, 0.25) is 0 Å². The van der Waals surface area contributed by atoms with E-state index in [0.717, 1.165) is 12.8 Å². The predicted octanol–water partition coefficient (Wildman–Crippen LogP) is 3.46. The molecule has 0 amide bonds. The van der Waals surface area contributed by atoms with Crippen LogP contribution < -0.4 is 0 Å². The van der Waals surface area contributed by atoms with Crippen LogP contribution in [0.25, 0.3) is 0 Å². The van der Waals surface area contributed by atoms with Crippen LogP contribution in [0.4, 0.5) is 0 Å². The first-order valence-electron chi connectivity index (χ1n) is 6.73. The molecule has 2 nitrogen and oxygen atoms in total. The summed E-state index contributed by atoms with van der Waals surface area (Å²) in [7, 11) is 0. The highest BCUT2D eigenvalue weighted by molar-refractivity contribution is 6.14. The normalized spacial score (nSPS) is 21.4. The lowest BCUT2D eigenvalue weighted by Gasteiger charge is -2.34. The molecule has 0 aliphatic heterocycles. The highest BCUT2D eigenvalue weighted by Gasteiger charge is 2.32. The van der Waals surface area contributed by atoms with E-state index in [4.69, 9.17) is 0 Å². The molecule has 1 aromatic carbocycles. The first kappa shape index (κ1) is 11.6. The van der Waals surface area contributed by atoms with Gasteiger partial charge in [0, 0.05) is 24.0 Å². The Balaban J connectivity index is 2.23. The van der Waals surface area contributed by atoms with Gasteiger partial charge in [-0.15, -0.1) is 0 Å². The first-order valence-corrected chi connectivity index (χ1v) is 6.73. The number of hydrogen-bond donors (Lipinski definition) is 0. The van der Waals surface area contributed by atoms with Gasteiger partial charge in [0.25, 0.3) is 0 Å². The molecule has 0 unspecified atom stereocenters. The number of hydrogen-bond acceptors (Lipinski definition) is 2. The zero-order valence-electron chi connectivity index (χ0n) is 11.0. The summed E-state index contributed by atoms with van der Waals surface area (Å²) in [6, 6.07) is 3.99. The number of aryl methyl sites for hydroxylation is 1. The number of rotatable bonds is 0. The van der Waals surface area contributed by atoms with E-state index in [9.17, 15) is 9.59 Å². The summed E-state index contributed by atoms with van der Waals surface area (Å²) in [6.45, 7) is 4.46. The summed E-state index contributed by atoms with van der Waals surface area (Å²) in [6.07, 6.45) is 4.12. The van der Waals surface area contributed by atoms with Crippen molar-refractivity contribution in [2.75, 3.05) is 0 Å². The zero-order valence-corrected chi connectivity index (χ0v) is 11.0. The summed E-state index contributed by atoms with van der Waals surface area (Å²) in [4.78, 5) is 23.9. The number of Topliss-reactive ketones (excluding diaryl/α,β-unsaturated/α-hetero) is 2. The Labute approximate surface area is 107 Å². The van der Waals surface area contributed by atoms with E-state index < -0.39 is 0 Å². The van der Waals surface area contributed by atoms with Crippen LogP contribution in [0.2, 0.25) is 0 Å². The van der Waals surface area contributed by atoms with Gasteiger partial charge in [0.15, 0.2) is 11.6 Å². The molecule has 3 rings (SSSR count). The van der Waals surface area contributed by atoms with Gasteiger partial charge < -0.3 is 0 Å². The summed E-state index contributed by atoms with van der Waals surface area (Å²) < 4.78 is 0. The van der Waals surface area contributed by atoms with E-state index in [1.165, 1.54) is 17.5 Å². The predicted molar refractivity (Wildman–Crippen MR) is 70.3 cm³/mol. The Morgan fingerprint density at radius 1 is 0.944 bits per heavy atom. The molecule has 0 atom stereocenters. The summed E-state index contributed by atoms with van der Waals surface area (Å²) >= 11 is 0. The van der Waals surface area contributed by atoms with Crippen molar-refractivity contribution in [3.8, 4) is 0 Å². The molecular weight excluding hydrogens is 224 g/mol. The van der Waals surface area contributed by atoms with E-state index in [1.54, 1.807) is 0 Å². The van der Waals surface area contributed by atoms with E-state index in [2.05, 4.69) is 13.8 Å². The topological polar surface area (TPSA) is 34.1 Å². The lowest BCUT2D eigenvalue weighted by Crippen LogP contribution is -2.27. The Kier molecular flexibility index (Phi) is 2.44. The van der Waals surface area contributed by atoms with Gasteiger partial charge in [-0.05, 0) is 47.9 Å². The molecule has 0 heterocycles. The maximum atomic E-state index is 12.0. The minimum Gasteiger partial charge on any atom is -0.294 e. The molecule has 2 aliphatic carbocycles. The maximum absolute atomic E-state index is 12.0. The van der Waals surface area contributed by atoms with Crippen LogP contribution in [-0.4, -0.2) is 11.6 Å². The summed E-state index contributed by atoms with van der Waals surface area (Å²) in [5.74, 6) is 0.268. The number of ketones is 2. The lowest BCUT2D eigenvalue weighted by atomic mass is 9.70. The Morgan fingerprint density at radius 3 is 2.22 bits per heavy atom. The molecule has 0 radical (unpaired) electrons. The van der Waals surface area contributed by atoms with Crippen LogP contribution in [0.3, 0.4) is 0 Å². The van der Waals surface area contributed by atoms with Gasteiger partial charge in [-0.3, -0.25) is 9.59 Å². The van der Waals surface area contributed by atoms with Gasteiger partial charge in [-0.1, -0.05) is 13.8 Å². The highest BCUT2D eigenvalue weighted by Crippen LogP contribution is 2.39. The monoisotopic (exact) mass is 242 g/mol. The third-order valence-electron chi connectivity index (χ3n) is 4.40. The number of fused-ring (bicyclic) bond motifs is 2. The molecule has 0 spiro atoms. The van der Waals surface area contributed by atoms with Crippen LogP contribution >= 0.6 is 0 Å². The second kappa shape index (κ2) is 3.78. The summed E-state index contributed by atoms with van der Waals surface area (Å²) in [5.41, 5.74) is 4.01. The molecule has 0 bridgehead atoms. The number of carbonyl (C=O) groups excluding carboxylic acids is 2. The van der Waals surface area contributed by atoms with Crippen LogP contribution in [-0.2, 0) is 11.8 Å². The van der Waals surface area contributed by atoms with Crippen LogP contribution in [0.1, 0.15) is 71.4 Å². The van der Waals surface area contributed by atoms with E-state index >= 15 is 0 Å². The smallest absolute Gasteiger partial charge is 0.164 e. The third-order valence-corrected chi connectivity index (χ3v) is 4.40. The lowest BCUT2D eigenvalue weighted by molar-refractivity contribution is 0.0890. The van der Waals surface area contributed by atoms with Crippen molar-refractivity contribution in [2.45, 2.75) is 51.4 Å². The fourth-order valence-corrected chi connectivity index (χ4v) is 3.29. The second-order valence-electron chi connectivity index (χ2n) is 6.14. The molecule has 2 aliphatic rings. The van der Waals surface area contributed by atoms with Gasteiger partial charge >= 0.3 is 0 Å². The van der Waals surface area contributed by atoms with E-state index in [0.29, 0.717) is 24.0 Å². The van der Waals surface area contributed by atoms with Gasteiger partial charge in [-0.25, -0.2) is 0 Å². The van der Waals surface area contributed by atoms with Crippen molar-refractivity contribution in [1.82, 2.24) is 0 Å². The van der Waals surface area contributed by atoms with Gasteiger partial charge in [-0.2, -0.15) is 0 Å². The van der Waals surface area contributed by atoms with Crippen molar-refractivity contribution in [3.63, 3.8) is 0 Å². The maximum Gasteiger partial charge on any atom is 0.164 e. The molecule has 0 N–H and O–H groups in total. The molecule has 1 aromatic rings. The van der Waals surface area contributed by atoms with Crippen molar-refractivity contribution in [2.24, 2.45) is 0 Å². The third kappa shape index (κ3) is 1.63. The van der Waals surface area contributed by atoms with Gasteiger partial charge in [0.1, 0.15) is 0 Å². The fourth-order valence-electron chi connectivity index (χ4n) is 3.29. The summed E-state index contributed by atoms with van der Waals surface area (Å²) in [5, 5.41) is 0. The van der Waals surface area contributed by atoms with Crippen molar-refractivity contribution < 1.29 is 9.59 Å². The molecule has 0 fully saturated rings. The standard InChI is InChI=1S/C16H18O2/c1-16(2)7-3-4-10-8-11-12(9-13(10)16)15(18)6-5-14(11)17/h8-9H,3-7H2,1-2H3. The van der Waals surface area contributed by atoms with Gasteiger partial charge in [0.05, 0.1) is 0 Å². The molecule has 94 valence electrons. The van der Waals surface area contributed by atoms with Crippen LogP contribution in [0.15, 0.2) is 12.1 Å². The average molecular weight is 242 g/mol. The quantitative estimate of drug-likeness (QED) is 0.698. The van der Waals surface area contributed by atoms with Crippen LogP contribution in [0.5, 0.6) is 0 Å². The molecule has 0 saturated carbocycles. The minimum absolute atomic E-state index is 0.128. The zero-order chi connectivity index (χ0) is 12.9.